The standard InChI is InChI=1S/C24H20N4O3/c29-22(27-25-16-17-11-13-18(14-12-17)23(30)31)21-15-24(28-26-21,19-7-3-1-4-8-19)20-9-5-2-6-10-20/h1-14,16,28H,15H2,(H,27,29)(H,30,31)/b25-16-. The monoisotopic (exact) mass is 412 g/mol. The molecule has 4 rings (SSSR count). The number of benzene rings is 3. The lowest BCUT2D eigenvalue weighted by molar-refractivity contribution is -0.114. The number of carboxylic acid groups (broad SMARTS) is 1. The molecule has 0 unspecified atom stereocenters. The van der Waals surface area contributed by atoms with Gasteiger partial charge in [-0.25, -0.2) is 10.2 Å². The number of nitrogens with zero attached hydrogens (tertiary/aromatic N) is 2. The van der Waals surface area contributed by atoms with Gasteiger partial charge in [-0.3, -0.25) is 10.2 Å². The molecule has 1 aliphatic heterocycles. The maximum Gasteiger partial charge on any atom is 0.335 e. The van der Waals surface area contributed by atoms with Crippen LogP contribution in [0.15, 0.2) is 95.1 Å². The van der Waals surface area contributed by atoms with Gasteiger partial charge in [-0.2, -0.15) is 10.2 Å². The molecule has 1 amide bonds. The molecule has 0 saturated heterocycles. The summed E-state index contributed by atoms with van der Waals surface area (Å²) in [5.41, 5.74) is 8.25. The van der Waals surface area contributed by atoms with Gasteiger partial charge in [0.05, 0.1) is 11.8 Å². The average molecular weight is 412 g/mol. The van der Waals surface area contributed by atoms with E-state index < -0.39 is 17.4 Å². The molecule has 3 aromatic rings. The molecule has 3 aromatic carbocycles. The van der Waals surface area contributed by atoms with Gasteiger partial charge in [0, 0.05) is 6.42 Å². The van der Waals surface area contributed by atoms with Crippen LogP contribution in [-0.2, 0) is 10.3 Å². The molecule has 0 atom stereocenters. The van der Waals surface area contributed by atoms with E-state index in [-0.39, 0.29) is 5.56 Å². The Morgan fingerprint density at radius 1 is 0.935 bits per heavy atom. The average Bonchev–Trinajstić information content (AvgIpc) is 3.27. The maximum absolute atomic E-state index is 12.7. The van der Waals surface area contributed by atoms with E-state index in [1.165, 1.54) is 18.3 Å². The van der Waals surface area contributed by atoms with Crippen molar-refractivity contribution in [1.29, 1.82) is 0 Å². The van der Waals surface area contributed by atoms with Crippen LogP contribution < -0.4 is 10.9 Å². The quantitative estimate of drug-likeness (QED) is 0.427. The van der Waals surface area contributed by atoms with Gasteiger partial charge in [-0.05, 0) is 28.8 Å². The molecule has 7 heteroatoms. The highest BCUT2D eigenvalue weighted by Crippen LogP contribution is 2.36. The summed E-state index contributed by atoms with van der Waals surface area (Å²) < 4.78 is 0. The molecule has 3 N–H and O–H groups in total. The second-order valence-electron chi connectivity index (χ2n) is 7.11. The summed E-state index contributed by atoms with van der Waals surface area (Å²) in [7, 11) is 0. The lowest BCUT2D eigenvalue weighted by atomic mass is 9.80. The van der Waals surface area contributed by atoms with E-state index in [4.69, 9.17) is 5.11 Å². The molecule has 1 heterocycles. The van der Waals surface area contributed by atoms with Crippen LogP contribution in [0.1, 0.15) is 33.5 Å². The minimum absolute atomic E-state index is 0.186. The molecule has 0 aliphatic carbocycles. The van der Waals surface area contributed by atoms with Gasteiger partial charge in [-0.1, -0.05) is 72.8 Å². The van der Waals surface area contributed by atoms with Gasteiger partial charge < -0.3 is 5.11 Å². The largest absolute Gasteiger partial charge is 0.478 e. The van der Waals surface area contributed by atoms with Crippen LogP contribution in [0.25, 0.3) is 0 Å². The van der Waals surface area contributed by atoms with Gasteiger partial charge in [0.15, 0.2) is 0 Å². The first-order valence-corrected chi connectivity index (χ1v) is 9.70. The Labute approximate surface area is 179 Å². The predicted octanol–water partition coefficient (Wildman–Crippen LogP) is 3.13. The fraction of sp³-hybridized carbons (Fsp3) is 0.0833. The van der Waals surface area contributed by atoms with Gasteiger partial charge in [0.25, 0.3) is 5.91 Å². The minimum Gasteiger partial charge on any atom is -0.478 e. The highest BCUT2D eigenvalue weighted by molar-refractivity contribution is 6.39. The van der Waals surface area contributed by atoms with Gasteiger partial charge in [0.1, 0.15) is 11.3 Å². The number of aromatic carboxylic acids is 1. The number of carbonyl (C=O) groups excluding carboxylic acids is 1. The minimum atomic E-state index is -0.996. The molecular formula is C24H20N4O3. The number of hydrazone groups is 2. The number of nitrogens with one attached hydrogen (secondary N) is 2. The third-order valence-electron chi connectivity index (χ3n) is 5.15. The molecule has 1 aliphatic rings. The summed E-state index contributed by atoms with van der Waals surface area (Å²) in [4.78, 5) is 23.6. The molecule has 154 valence electrons. The van der Waals surface area contributed by atoms with Crippen molar-refractivity contribution >= 4 is 23.8 Å². The fourth-order valence-corrected chi connectivity index (χ4v) is 3.51. The van der Waals surface area contributed by atoms with Crippen molar-refractivity contribution in [3.63, 3.8) is 0 Å². The fourth-order valence-electron chi connectivity index (χ4n) is 3.51. The number of rotatable bonds is 6. The van der Waals surface area contributed by atoms with Crippen molar-refractivity contribution in [2.75, 3.05) is 0 Å². The van der Waals surface area contributed by atoms with Crippen LogP contribution in [-0.4, -0.2) is 28.9 Å². The van der Waals surface area contributed by atoms with E-state index >= 15 is 0 Å². The van der Waals surface area contributed by atoms with Crippen LogP contribution in [0.2, 0.25) is 0 Å². The SMILES string of the molecule is O=C(N/N=C\c1ccc(C(=O)O)cc1)C1=NNC(c2ccccc2)(c2ccccc2)C1. The molecule has 7 nitrogen and oxygen atoms in total. The Morgan fingerprint density at radius 3 is 2.06 bits per heavy atom. The highest BCUT2D eigenvalue weighted by atomic mass is 16.4. The van der Waals surface area contributed by atoms with Gasteiger partial charge in [-0.15, -0.1) is 0 Å². The van der Waals surface area contributed by atoms with E-state index in [1.54, 1.807) is 12.1 Å². The number of hydrogen-bond donors (Lipinski definition) is 3. The zero-order chi connectivity index (χ0) is 21.7. The second kappa shape index (κ2) is 8.62. The lowest BCUT2D eigenvalue weighted by Crippen LogP contribution is -2.38. The molecule has 0 aromatic heterocycles. The van der Waals surface area contributed by atoms with E-state index in [0.29, 0.717) is 17.7 Å². The molecule has 31 heavy (non-hydrogen) atoms. The maximum atomic E-state index is 12.7. The molecule has 0 fully saturated rings. The summed E-state index contributed by atoms with van der Waals surface area (Å²) in [5, 5.41) is 17.2. The van der Waals surface area contributed by atoms with Gasteiger partial charge >= 0.3 is 5.97 Å². The predicted molar refractivity (Wildman–Crippen MR) is 118 cm³/mol. The summed E-state index contributed by atoms with van der Waals surface area (Å²) >= 11 is 0. The zero-order valence-electron chi connectivity index (χ0n) is 16.5. The van der Waals surface area contributed by atoms with Crippen molar-refractivity contribution in [2.24, 2.45) is 10.2 Å². The highest BCUT2D eigenvalue weighted by Gasteiger charge is 2.41. The van der Waals surface area contributed by atoms with Crippen molar-refractivity contribution in [2.45, 2.75) is 12.0 Å². The number of carboxylic acids is 1. The number of hydrogen-bond acceptors (Lipinski definition) is 5. The third kappa shape index (κ3) is 4.20. The van der Waals surface area contributed by atoms with Crippen molar-refractivity contribution in [3.8, 4) is 0 Å². The first kappa shape index (κ1) is 20.0. The topological polar surface area (TPSA) is 103 Å². The Morgan fingerprint density at radius 2 is 1.52 bits per heavy atom. The normalized spacial score (nSPS) is 14.6. The van der Waals surface area contributed by atoms with Gasteiger partial charge in [0.2, 0.25) is 0 Å². The van der Waals surface area contributed by atoms with Crippen LogP contribution >= 0.6 is 0 Å². The zero-order valence-corrected chi connectivity index (χ0v) is 16.5. The molecule has 0 spiro atoms. The summed E-state index contributed by atoms with van der Waals surface area (Å²) in [6, 6.07) is 25.9. The van der Waals surface area contributed by atoms with Crippen LogP contribution in [0.3, 0.4) is 0 Å². The van der Waals surface area contributed by atoms with E-state index in [2.05, 4.69) is 21.1 Å². The number of carbonyl (C=O) groups is 2. The number of amides is 1. The molecule has 0 bridgehead atoms. The van der Waals surface area contributed by atoms with Crippen LogP contribution in [0.4, 0.5) is 0 Å². The third-order valence-corrected chi connectivity index (χ3v) is 5.15. The van der Waals surface area contributed by atoms with Crippen LogP contribution in [0.5, 0.6) is 0 Å². The van der Waals surface area contributed by atoms with Crippen molar-refractivity contribution < 1.29 is 14.7 Å². The molecule has 0 radical (unpaired) electrons. The Balaban J connectivity index is 1.48. The molecular weight excluding hydrogens is 392 g/mol. The summed E-state index contributed by atoms with van der Waals surface area (Å²) in [6.07, 6.45) is 1.82. The molecule has 0 saturated carbocycles. The first-order valence-electron chi connectivity index (χ1n) is 9.70. The first-order chi connectivity index (χ1) is 15.1. The smallest absolute Gasteiger partial charge is 0.335 e. The van der Waals surface area contributed by atoms with E-state index in [0.717, 1.165) is 11.1 Å². The Kier molecular flexibility index (Phi) is 5.57. The van der Waals surface area contributed by atoms with E-state index in [9.17, 15) is 9.59 Å². The van der Waals surface area contributed by atoms with Crippen LogP contribution in [0, 0.1) is 0 Å². The van der Waals surface area contributed by atoms with E-state index in [1.807, 2.05) is 60.7 Å². The van der Waals surface area contributed by atoms with Crippen molar-refractivity contribution in [3.05, 3.63) is 107 Å². The summed E-state index contributed by atoms with van der Waals surface area (Å²) in [5.74, 6) is -1.40. The Hall–Kier alpha value is -4.26. The Bertz CT molecular complexity index is 1100. The lowest BCUT2D eigenvalue weighted by Gasteiger charge is -2.30. The van der Waals surface area contributed by atoms with Crippen molar-refractivity contribution in [1.82, 2.24) is 10.9 Å². The summed E-state index contributed by atoms with van der Waals surface area (Å²) in [6.45, 7) is 0. The second-order valence-corrected chi connectivity index (χ2v) is 7.11.